The summed E-state index contributed by atoms with van der Waals surface area (Å²) in [4.78, 5) is 0. The zero-order valence-corrected chi connectivity index (χ0v) is 4.98. The Labute approximate surface area is 49.7 Å². The minimum atomic E-state index is -2.66. The third-order valence-corrected chi connectivity index (χ3v) is 0.599. The highest BCUT2D eigenvalue weighted by atomic mass is 32.2. The predicted molar refractivity (Wildman–Crippen MR) is 23.7 cm³/mol. The van der Waals surface area contributed by atoms with Gasteiger partial charge in [-0.25, -0.2) is 0 Å². The maximum atomic E-state index is 9.42. The van der Waals surface area contributed by atoms with E-state index in [1.807, 2.05) is 0 Å². The minimum absolute atomic E-state index is 2.66. The van der Waals surface area contributed by atoms with Gasteiger partial charge in [0.25, 0.3) is 0 Å². The second kappa shape index (κ2) is 4.06. The SMILES string of the molecule is O=S(O)OOS(=O)O. The van der Waals surface area contributed by atoms with E-state index in [4.69, 9.17) is 9.11 Å². The molecular weight excluding hydrogens is 160 g/mol. The molecule has 6 nitrogen and oxygen atoms in total. The smallest absolute Gasteiger partial charge is 0.282 e. The zero-order valence-electron chi connectivity index (χ0n) is 3.34. The van der Waals surface area contributed by atoms with Crippen LogP contribution in [0.5, 0.6) is 0 Å². The Hall–Kier alpha value is 0.140. The molecule has 0 spiro atoms. The van der Waals surface area contributed by atoms with Gasteiger partial charge in [-0.3, -0.25) is 9.11 Å². The van der Waals surface area contributed by atoms with Gasteiger partial charge in [0.2, 0.25) is 0 Å². The molecule has 8 heteroatoms. The van der Waals surface area contributed by atoms with Gasteiger partial charge in [0, 0.05) is 0 Å². The summed E-state index contributed by atoms with van der Waals surface area (Å²) in [5, 5.41) is 0. The first-order valence-electron chi connectivity index (χ1n) is 1.20. The third kappa shape index (κ3) is 6.14. The molecule has 0 aromatic rings. The molecule has 0 rings (SSSR count). The lowest BCUT2D eigenvalue weighted by molar-refractivity contribution is -0.0877. The Morgan fingerprint density at radius 2 is 1.25 bits per heavy atom. The Balaban J connectivity index is 3.18. The Kier molecular flexibility index (Phi) is 4.13. The molecule has 2 unspecified atom stereocenters. The Morgan fingerprint density at radius 1 is 1.00 bits per heavy atom. The van der Waals surface area contributed by atoms with Crippen LogP contribution in [0.15, 0.2) is 0 Å². The summed E-state index contributed by atoms with van der Waals surface area (Å²) in [6, 6.07) is 0. The summed E-state index contributed by atoms with van der Waals surface area (Å²) >= 11 is -5.32. The lowest BCUT2D eigenvalue weighted by Gasteiger charge is -1.87. The van der Waals surface area contributed by atoms with Gasteiger partial charge >= 0.3 is 22.7 Å². The second-order valence-corrected chi connectivity index (χ2v) is 1.71. The highest BCUT2D eigenvalue weighted by Gasteiger charge is 1.97. The van der Waals surface area contributed by atoms with E-state index >= 15 is 0 Å². The Bertz CT molecular complexity index is 91.1. The average molecular weight is 162 g/mol. The molecule has 50 valence electrons. The van der Waals surface area contributed by atoms with Crippen LogP contribution in [-0.4, -0.2) is 17.5 Å². The van der Waals surface area contributed by atoms with E-state index in [1.54, 1.807) is 0 Å². The molecule has 2 atom stereocenters. The van der Waals surface area contributed by atoms with Crippen molar-refractivity contribution in [2.24, 2.45) is 0 Å². The first-order chi connectivity index (χ1) is 3.63. The van der Waals surface area contributed by atoms with E-state index < -0.39 is 22.7 Å². The van der Waals surface area contributed by atoms with Crippen molar-refractivity contribution in [2.75, 3.05) is 0 Å². The molecule has 0 radical (unpaired) electrons. The van der Waals surface area contributed by atoms with Crippen molar-refractivity contribution >= 4 is 22.7 Å². The molecule has 0 aromatic carbocycles. The first-order valence-corrected chi connectivity index (χ1v) is 3.26. The van der Waals surface area contributed by atoms with E-state index in [0.717, 1.165) is 0 Å². The fourth-order valence-electron chi connectivity index (χ4n) is 0.0475. The standard InChI is InChI=1S/H2O6S2/c1-7(2)5-6-8(3)4/h(H,1,2)(H,3,4). The van der Waals surface area contributed by atoms with E-state index in [2.05, 4.69) is 8.67 Å². The van der Waals surface area contributed by atoms with Crippen molar-refractivity contribution in [1.29, 1.82) is 0 Å². The number of rotatable bonds is 3. The van der Waals surface area contributed by atoms with Gasteiger partial charge in [-0.1, -0.05) is 8.67 Å². The number of hydrogen-bond donors (Lipinski definition) is 2. The second-order valence-electron chi connectivity index (χ2n) is 0.570. The van der Waals surface area contributed by atoms with Crippen molar-refractivity contribution in [3.05, 3.63) is 0 Å². The molecule has 0 aliphatic heterocycles. The van der Waals surface area contributed by atoms with Crippen molar-refractivity contribution in [3.63, 3.8) is 0 Å². The highest BCUT2D eigenvalue weighted by Crippen LogP contribution is 1.83. The molecule has 0 aliphatic rings. The van der Waals surface area contributed by atoms with Gasteiger partial charge in [-0.2, -0.15) is 8.42 Å². The summed E-state index contributed by atoms with van der Waals surface area (Å²) in [6.07, 6.45) is 0. The van der Waals surface area contributed by atoms with Crippen LogP contribution in [0.2, 0.25) is 0 Å². The molecule has 0 aliphatic carbocycles. The average Bonchev–Trinajstić information content (AvgIpc) is 1.61. The molecule has 0 amide bonds. The molecule has 0 aromatic heterocycles. The summed E-state index contributed by atoms with van der Waals surface area (Å²) < 4.78 is 40.8. The maximum absolute atomic E-state index is 9.42. The highest BCUT2D eigenvalue weighted by molar-refractivity contribution is 7.76. The van der Waals surface area contributed by atoms with Gasteiger partial charge in [0.05, 0.1) is 0 Å². The Morgan fingerprint density at radius 3 is 1.38 bits per heavy atom. The van der Waals surface area contributed by atoms with Crippen molar-refractivity contribution in [2.45, 2.75) is 0 Å². The molecule has 2 N–H and O–H groups in total. The van der Waals surface area contributed by atoms with Crippen LogP contribution in [-0.2, 0) is 31.4 Å². The minimum Gasteiger partial charge on any atom is -0.282 e. The van der Waals surface area contributed by atoms with E-state index in [9.17, 15) is 8.42 Å². The fraction of sp³-hybridized carbons (Fsp3) is 0. The molecule has 0 heterocycles. The van der Waals surface area contributed by atoms with Crippen LogP contribution in [0.4, 0.5) is 0 Å². The van der Waals surface area contributed by atoms with Crippen molar-refractivity contribution in [3.8, 4) is 0 Å². The van der Waals surface area contributed by atoms with E-state index in [0.29, 0.717) is 0 Å². The lowest BCUT2D eigenvalue weighted by atomic mass is 14.9. The molecule has 0 saturated heterocycles. The molecule has 0 saturated carbocycles. The zero-order chi connectivity index (χ0) is 6.57. The normalized spacial score (nSPS) is 17.8. The van der Waals surface area contributed by atoms with E-state index in [-0.39, 0.29) is 0 Å². The van der Waals surface area contributed by atoms with Gasteiger partial charge in [-0.05, 0) is 0 Å². The van der Waals surface area contributed by atoms with Gasteiger partial charge in [0.1, 0.15) is 0 Å². The lowest BCUT2D eigenvalue weighted by Crippen LogP contribution is -1.98. The fourth-order valence-corrected chi connectivity index (χ4v) is 0.428. The summed E-state index contributed by atoms with van der Waals surface area (Å²) in [5.74, 6) is 0. The van der Waals surface area contributed by atoms with Gasteiger partial charge in [0.15, 0.2) is 0 Å². The molecular formula is H2O6S2. The van der Waals surface area contributed by atoms with Crippen molar-refractivity contribution < 1.29 is 26.2 Å². The summed E-state index contributed by atoms with van der Waals surface area (Å²) in [7, 11) is 0. The summed E-state index contributed by atoms with van der Waals surface area (Å²) in [6.45, 7) is 0. The van der Waals surface area contributed by atoms with Gasteiger partial charge < -0.3 is 0 Å². The largest absolute Gasteiger partial charge is 0.332 e. The predicted octanol–water partition coefficient (Wildman–Crippen LogP) is -0.792. The van der Waals surface area contributed by atoms with Crippen LogP contribution in [0.3, 0.4) is 0 Å². The number of hydrogen-bond acceptors (Lipinski definition) is 4. The van der Waals surface area contributed by atoms with Crippen LogP contribution in [0.25, 0.3) is 0 Å². The van der Waals surface area contributed by atoms with Crippen molar-refractivity contribution in [1.82, 2.24) is 0 Å². The molecule has 0 bridgehead atoms. The maximum Gasteiger partial charge on any atom is 0.332 e. The third-order valence-electron chi connectivity index (χ3n) is 0.144. The van der Waals surface area contributed by atoms with Gasteiger partial charge in [-0.15, -0.1) is 0 Å². The van der Waals surface area contributed by atoms with Crippen LogP contribution < -0.4 is 0 Å². The first kappa shape index (κ1) is 8.14. The quantitative estimate of drug-likeness (QED) is 0.321. The monoisotopic (exact) mass is 162 g/mol. The molecule has 0 fully saturated rings. The summed E-state index contributed by atoms with van der Waals surface area (Å²) in [5.41, 5.74) is 0. The molecule has 8 heavy (non-hydrogen) atoms. The van der Waals surface area contributed by atoms with E-state index in [1.165, 1.54) is 0 Å². The topological polar surface area (TPSA) is 93.1 Å². The van der Waals surface area contributed by atoms with Crippen LogP contribution >= 0.6 is 0 Å². The van der Waals surface area contributed by atoms with Crippen LogP contribution in [0.1, 0.15) is 0 Å². The van der Waals surface area contributed by atoms with Crippen LogP contribution in [0, 0.1) is 0 Å².